The molecule has 0 radical (unpaired) electrons. The van der Waals surface area contributed by atoms with Crippen molar-refractivity contribution in [2.45, 2.75) is 37.8 Å². The van der Waals surface area contributed by atoms with Gasteiger partial charge in [0, 0.05) is 13.2 Å². The zero-order valence-corrected chi connectivity index (χ0v) is 9.89. The Kier molecular flexibility index (Phi) is 3.89. The number of nitriles is 1. The quantitative estimate of drug-likeness (QED) is 0.859. The van der Waals surface area contributed by atoms with Crippen molar-refractivity contribution in [3.05, 3.63) is 18.0 Å². The van der Waals surface area contributed by atoms with Crippen LogP contribution in [0.15, 0.2) is 12.4 Å². The van der Waals surface area contributed by atoms with Gasteiger partial charge in [0.05, 0.1) is 24.1 Å². The second kappa shape index (κ2) is 5.60. The average Bonchev–Trinajstić information content (AvgIpc) is 2.40. The number of methoxy groups -OCH3 is 1. The van der Waals surface area contributed by atoms with E-state index in [2.05, 4.69) is 15.3 Å². The highest BCUT2D eigenvalue weighted by Crippen LogP contribution is 2.22. The molecule has 1 fully saturated rings. The summed E-state index contributed by atoms with van der Waals surface area (Å²) in [6.07, 6.45) is 7.76. The zero-order chi connectivity index (χ0) is 12.1. The highest BCUT2D eigenvalue weighted by Gasteiger charge is 2.20. The average molecular weight is 232 g/mol. The molecule has 0 saturated heterocycles. The minimum absolute atomic E-state index is 0.398. The number of rotatable bonds is 3. The SMILES string of the molecule is COC1CCC(Nc2ncc(C#N)cn2)CC1. The first-order chi connectivity index (χ1) is 8.31. The Morgan fingerprint density at radius 3 is 2.47 bits per heavy atom. The molecule has 5 heteroatoms. The fourth-order valence-corrected chi connectivity index (χ4v) is 2.09. The summed E-state index contributed by atoms with van der Waals surface area (Å²) < 4.78 is 5.32. The van der Waals surface area contributed by atoms with Crippen molar-refractivity contribution in [2.24, 2.45) is 0 Å². The highest BCUT2D eigenvalue weighted by molar-refractivity contribution is 5.30. The van der Waals surface area contributed by atoms with Crippen LogP contribution in [0.3, 0.4) is 0 Å². The number of aromatic nitrogens is 2. The predicted octanol–water partition coefficient (Wildman–Crippen LogP) is 1.72. The summed E-state index contributed by atoms with van der Waals surface area (Å²) in [7, 11) is 1.77. The van der Waals surface area contributed by atoms with E-state index in [1.54, 1.807) is 7.11 Å². The Morgan fingerprint density at radius 2 is 1.94 bits per heavy atom. The lowest BCUT2D eigenvalue weighted by atomic mass is 9.93. The summed E-state index contributed by atoms with van der Waals surface area (Å²) in [6, 6.07) is 2.41. The number of nitrogens with one attached hydrogen (secondary N) is 1. The Bertz CT molecular complexity index is 390. The lowest BCUT2D eigenvalue weighted by Crippen LogP contribution is -2.29. The summed E-state index contributed by atoms with van der Waals surface area (Å²) >= 11 is 0. The van der Waals surface area contributed by atoms with Gasteiger partial charge in [-0.3, -0.25) is 0 Å². The van der Waals surface area contributed by atoms with Crippen LogP contribution in [0.1, 0.15) is 31.2 Å². The third-order valence-electron chi connectivity index (χ3n) is 3.12. The molecule has 5 nitrogen and oxygen atoms in total. The lowest BCUT2D eigenvalue weighted by molar-refractivity contribution is 0.0681. The molecule has 1 heterocycles. The van der Waals surface area contributed by atoms with E-state index in [1.807, 2.05) is 6.07 Å². The number of anilines is 1. The molecule has 1 aliphatic carbocycles. The Morgan fingerprint density at radius 1 is 1.29 bits per heavy atom. The maximum absolute atomic E-state index is 8.64. The minimum atomic E-state index is 0.398. The van der Waals surface area contributed by atoms with Crippen molar-refractivity contribution < 1.29 is 4.74 Å². The van der Waals surface area contributed by atoms with E-state index < -0.39 is 0 Å². The summed E-state index contributed by atoms with van der Waals surface area (Å²) in [5.74, 6) is 0.602. The maximum Gasteiger partial charge on any atom is 0.222 e. The molecule has 1 N–H and O–H groups in total. The molecule has 1 aromatic rings. The van der Waals surface area contributed by atoms with Crippen molar-refractivity contribution >= 4 is 5.95 Å². The molecule has 1 saturated carbocycles. The molecule has 0 atom stereocenters. The molecule has 1 aromatic heterocycles. The highest BCUT2D eigenvalue weighted by atomic mass is 16.5. The van der Waals surface area contributed by atoms with Crippen molar-refractivity contribution in [1.29, 1.82) is 5.26 Å². The Labute approximate surface area is 101 Å². The molecular formula is C12H16N4O. The van der Waals surface area contributed by atoms with Crippen LogP contribution in [-0.4, -0.2) is 29.2 Å². The molecule has 1 aliphatic rings. The van der Waals surface area contributed by atoms with Crippen LogP contribution in [0.2, 0.25) is 0 Å². The van der Waals surface area contributed by atoms with Crippen molar-refractivity contribution in [3.63, 3.8) is 0 Å². The molecule has 2 rings (SSSR count). The monoisotopic (exact) mass is 232 g/mol. The van der Waals surface area contributed by atoms with Gasteiger partial charge in [-0.25, -0.2) is 9.97 Å². The molecular weight excluding hydrogens is 216 g/mol. The van der Waals surface area contributed by atoms with Crippen LogP contribution in [0.4, 0.5) is 5.95 Å². The van der Waals surface area contributed by atoms with Crippen LogP contribution >= 0.6 is 0 Å². The molecule has 90 valence electrons. The third kappa shape index (κ3) is 3.14. The molecule has 0 amide bonds. The summed E-state index contributed by atoms with van der Waals surface area (Å²) in [5.41, 5.74) is 0.485. The van der Waals surface area contributed by atoms with Gasteiger partial charge in [0.15, 0.2) is 0 Å². The van der Waals surface area contributed by atoms with Crippen molar-refractivity contribution in [1.82, 2.24) is 9.97 Å². The Balaban J connectivity index is 1.87. The van der Waals surface area contributed by atoms with E-state index in [0.29, 0.717) is 23.7 Å². The number of hydrogen-bond donors (Lipinski definition) is 1. The summed E-state index contributed by atoms with van der Waals surface area (Å²) in [4.78, 5) is 8.21. The fraction of sp³-hybridized carbons (Fsp3) is 0.583. The van der Waals surface area contributed by atoms with Gasteiger partial charge in [-0.2, -0.15) is 5.26 Å². The lowest BCUT2D eigenvalue weighted by Gasteiger charge is -2.28. The van der Waals surface area contributed by atoms with E-state index in [-0.39, 0.29) is 0 Å². The minimum Gasteiger partial charge on any atom is -0.381 e. The molecule has 0 aliphatic heterocycles. The maximum atomic E-state index is 8.64. The largest absolute Gasteiger partial charge is 0.381 e. The van der Waals surface area contributed by atoms with Crippen LogP contribution in [0.25, 0.3) is 0 Å². The van der Waals surface area contributed by atoms with E-state index >= 15 is 0 Å². The Hall–Kier alpha value is -1.67. The summed E-state index contributed by atoms with van der Waals surface area (Å²) in [5, 5.41) is 11.9. The van der Waals surface area contributed by atoms with E-state index in [0.717, 1.165) is 25.7 Å². The van der Waals surface area contributed by atoms with Gasteiger partial charge in [0.25, 0.3) is 0 Å². The van der Waals surface area contributed by atoms with Gasteiger partial charge in [-0.1, -0.05) is 0 Å². The molecule has 0 bridgehead atoms. The standard InChI is InChI=1S/C12H16N4O/c1-17-11-4-2-10(3-5-11)16-12-14-7-9(6-13)8-15-12/h7-8,10-11H,2-5H2,1H3,(H,14,15,16). The first-order valence-electron chi connectivity index (χ1n) is 5.83. The fourth-order valence-electron chi connectivity index (χ4n) is 2.09. The van der Waals surface area contributed by atoms with E-state index in [4.69, 9.17) is 10.00 Å². The second-order valence-electron chi connectivity index (χ2n) is 4.26. The zero-order valence-electron chi connectivity index (χ0n) is 9.89. The van der Waals surface area contributed by atoms with Gasteiger partial charge in [-0.05, 0) is 25.7 Å². The van der Waals surface area contributed by atoms with Crippen LogP contribution < -0.4 is 5.32 Å². The van der Waals surface area contributed by atoms with E-state index in [9.17, 15) is 0 Å². The van der Waals surface area contributed by atoms with Crippen LogP contribution in [0.5, 0.6) is 0 Å². The van der Waals surface area contributed by atoms with Gasteiger partial charge in [0.2, 0.25) is 5.95 Å². The van der Waals surface area contributed by atoms with Crippen molar-refractivity contribution in [2.75, 3.05) is 12.4 Å². The van der Waals surface area contributed by atoms with Gasteiger partial charge < -0.3 is 10.1 Å². The number of ether oxygens (including phenoxy) is 1. The first kappa shape index (κ1) is 11.8. The van der Waals surface area contributed by atoms with Crippen LogP contribution in [0, 0.1) is 11.3 Å². The number of nitrogens with zero attached hydrogens (tertiary/aromatic N) is 3. The predicted molar refractivity (Wildman–Crippen MR) is 63.4 cm³/mol. The third-order valence-corrected chi connectivity index (χ3v) is 3.12. The second-order valence-corrected chi connectivity index (χ2v) is 4.26. The van der Waals surface area contributed by atoms with Gasteiger partial charge in [0.1, 0.15) is 6.07 Å². The normalized spacial score (nSPS) is 24.0. The van der Waals surface area contributed by atoms with Gasteiger partial charge in [-0.15, -0.1) is 0 Å². The molecule has 0 spiro atoms. The smallest absolute Gasteiger partial charge is 0.222 e. The van der Waals surface area contributed by atoms with Crippen molar-refractivity contribution in [3.8, 4) is 6.07 Å². The summed E-state index contributed by atoms with van der Waals surface area (Å²) in [6.45, 7) is 0. The van der Waals surface area contributed by atoms with E-state index in [1.165, 1.54) is 12.4 Å². The molecule has 0 unspecified atom stereocenters. The topological polar surface area (TPSA) is 70.8 Å². The first-order valence-corrected chi connectivity index (χ1v) is 5.83. The number of hydrogen-bond acceptors (Lipinski definition) is 5. The molecule has 17 heavy (non-hydrogen) atoms. The van der Waals surface area contributed by atoms with Gasteiger partial charge >= 0.3 is 0 Å². The van der Waals surface area contributed by atoms with Crippen LogP contribution in [-0.2, 0) is 4.74 Å². The molecule has 0 aromatic carbocycles.